The summed E-state index contributed by atoms with van der Waals surface area (Å²) < 4.78 is 44.0. The number of rotatable bonds is 7. The maximum Gasteiger partial charge on any atom is 0.187 e. The van der Waals surface area contributed by atoms with Crippen LogP contribution in [0.5, 0.6) is 0 Å². The molecule has 5 aliphatic carbocycles. The van der Waals surface area contributed by atoms with Crippen molar-refractivity contribution in [3.05, 3.63) is 12.2 Å². The van der Waals surface area contributed by atoms with E-state index < -0.39 is 122 Å². The minimum absolute atomic E-state index is 0.139. The minimum Gasteiger partial charge on any atom is -0.394 e. The van der Waals surface area contributed by atoms with E-state index in [1.807, 2.05) is 0 Å². The summed E-state index contributed by atoms with van der Waals surface area (Å²) in [6.07, 6.45) is -10.7. The topological polar surface area (TPSA) is 247 Å². The number of aliphatic hydroxyl groups excluding tert-OH is 9. The number of hydrogen-bond donors (Lipinski definition) is 9. The monoisotopic (exact) mass is 897 g/mol. The Morgan fingerprint density at radius 1 is 0.698 bits per heavy atom. The molecule has 0 aromatic rings. The van der Waals surface area contributed by atoms with Crippen molar-refractivity contribution < 1.29 is 79.1 Å². The van der Waals surface area contributed by atoms with E-state index in [1.165, 1.54) is 0 Å². The average molecular weight is 897 g/mol. The summed E-state index contributed by atoms with van der Waals surface area (Å²) >= 11 is 0. The van der Waals surface area contributed by atoms with Crippen molar-refractivity contribution in [3.8, 4) is 0 Å². The van der Waals surface area contributed by atoms with Gasteiger partial charge in [0.05, 0.1) is 43.7 Å². The Kier molecular flexibility index (Phi) is 12.1. The van der Waals surface area contributed by atoms with Gasteiger partial charge in [-0.15, -0.1) is 0 Å². The summed E-state index contributed by atoms with van der Waals surface area (Å²) in [5.74, 6) is 1.64. The second kappa shape index (κ2) is 16.1. The molecule has 9 aliphatic rings. The van der Waals surface area contributed by atoms with E-state index >= 15 is 0 Å². The molecule has 9 N–H and O–H groups in total. The molecule has 4 saturated carbocycles. The van der Waals surface area contributed by atoms with Gasteiger partial charge >= 0.3 is 0 Å². The molecule has 0 aromatic heterocycles. The Bertz CT molecular complexity index is 1720. The highest BCUT2D eigenvalue weighted by atomic mass is 16.8. The smallest absolute Gasteiger partial charge is 0.187 e. The summed E-state index contributed by atoms with van der Waals surface area (Å²) in [6.45, 7) is 17.6. The number of aliphatic hydroxyl groups is 9. The molecule has 63 heavy (non-hydrogen) atoms. The minimum atomic E-state index is -1.78. The third-order valence-electron chi connectivity index (χ3n) is 19.8. The normalized spacial score (nSPS) is 59.8. The lowest BCUT2D eigenvalue weighted by Gasteiger charge is -2.73. The second-order valence-corrected chi connectivity index (χ2v) is 22.9. The molecule has 16 unspecified atom stereocenters. The molecule has 9 rings (SSSR count). The van der Waals surface area contributed by atoms with E-state index in [-0.39, 0.29) is 39.4 Å². The molecule has 1 spiro atoms. The summed E-state index contributed by atoms with van der Waals surface area (Å²) in [6, 6.07) is 0. The number of fused-ring (bicyclic) bond motifs is 4. The predicted molar refractivity (Wildman–Crippen MR) is 222 cm³/mol. The van der Waals surface area contributed by atoms with Crippen molar-refractivity contribution in [3.63, 3.8) is 0 Å². The maximum absolute atomic E-state index is 12.2. The summed E-state index contributed by atoms with van der Waals surface area (Å²) in [5.41, 5.74) is -1.67. The Morgan fingerprint density at radius 2 is 1.37 bits per heavy atom. The van der Waals surface area contributed by atoms with E-state index in [2.05, 4.69) is 60.6 Å². The SMILES string of the molecule is CC1OC(O[C@H]2CC[C@]3(C)C4C=C[C@]56OC[C@@]7(CC[C@@H](C)[C@H](C)C75)[C@H](O)C[C@@]6(C)[C@]4(C)CC[C@H]3C2(C)C)C(OC2OC(CO)C(O)C(O)C2OC2OCC(O)C(O)C2O)C(O)C1O. The first kappa shape index (κ1) is 47.2. The van der Waals surface area contributed by atoms with Crippen LogP contribution in [0, 0.1) is 56.7 Å². The van der Waals surface area contributed by atoms with Crippen molar-refractivity contribution in [2.24, 2.45) is 56.7 Å². The summed E-state index contributed by atoms with van der Waals surface area (Å²) in [7, 11) is 0. The van der Waals surface area contributed by atoms with E-state index in [0.717, 1.165) is 38.5 Å². The van der Waals surface area contributed by atoms with Crippen molar-refractivity contribution in [1.29, 1.82) is 0 Å². The molecule has 16 nitrogen and oxygen atoms in total. The first-order valence-electron chi connectivity index (χ1n) is 23.8. The zero-order valence-corrected chi connectivity index (χ0v) is 38.2. The molecule has 16 heteroatoms. The molecule has 4 saturated heterocycles. The van der Waals surface area contributed by atoms with Gasteiger partial charge in [-0.2, -0.15) is 0 Å². The maximum atomic E-state index is 12.2. The van der Waals surface area contributed by atoms with E-state index in [9.17, 15) is 46.0 Å². The van der Waals surface area contributed by atoms with Crippen molar-refractivity contribution in [1.82, 2.24) is 0 Å². The van der Waals surface area contributed by atoms with E-state index in [0.29, 0.717) is 24.9 Å². The Balaban J connectivity index is 0.978. The van der Waals surface area contributed by atoms with Crippen LogP contribution in [0.15, 0.2) is 12.2 Å². The van der Waals surface area contributed by atoms with Gasteiger partial charge in [0.2, 0.25) is 0 Å². The van der Waals surface area contributed by atoms with Crippen molar-refractivity contribution >= 4 is 0 Å². The van der Waals surface area contributed by atoms with Crippen LogP contribution in [0.25, 0.3) is 0 Å². The van der Waals surface area contributed by atoms with Gasteiger partial charge in [0, 0.05) is 16.7 Å². The average Bonchev–Trinajstić information content (AvgIpc) is 3.54. The van der Waals surface area contributed by atoms with Crippen LogP contribution in [0.1, 0.15) is 100 Å². The zero-order valence-electron chi connectivity index (χ0n) is 38.2. The quantitative estimate of drug-likeness (QED) is 0.128. The highest BCUT2D eigenvalue weighted by molar-refractivity contribution is 5.36. The summed E-state index contributed by atoms with van der Waals surface area (Å²) in [5, 5.41) is 98.1. The first-order valence-corrected chi connectivity index (χ1v) is 23.8. The van der Waals surface area contributed by atoms with Crippen molar-refractivity contribution in [2.75, 3.05) is 19.8 Å². The van der Waals surface area contributed by atoms with Gasteiger partial charge in [0.25, 0.3) is 0 Å². The van der Waals surface area contributed by atoms with Gasteiger partial charge in [-0.05, 0) is 91.8 Å². The molecule has 8 fully saturated rings. The molecule has 360 valence electrons. The Hall–Kier alpha value is -0.900. The van der Waals surface area contributed by atoms with Gasteiger partial charge in [-0.1, -0.05) is 60.6 Å². The molecule has 4 heterocycles. The first-order chi connectivity index (χ1) is 29.5. The van der Waals surface area contributed by atoms with Crippen LogP contribution in [0.4, 0.5) is 0 Å². The van der Waals surface area contributed by atoms with Crippen LogP contribution >= 0.6 is 0 Å². The lowest BCUT2D eigenvalue weighted by Crippen LogP contribution is -2.73. The van der Waals surface area contributed by atoms with Gasteiger partial charge in [-0.3, -0.25) is 0 Å². The standard InChI is InChI=1S/C47H76O16/c1-21-9-15-46-20-58-47(38(46)22(21)2)16-11-27-43(6)13-12-29(42(4,5)26(43)10-14-44(27,7)45(47,8)17-28(46)50)61-40-36(33(54)30(51)23(3)59-40)63-41-37(34(55)32(53)25(18-48)60-41)62-39-35(56)31(52)24(49)19-57-39/h11,16,21-41,48-56H,9-10,12-15,17-20H2,1-8H3/t21-,22+,23?,24?,25?,26+,27?,28-,29+,30?,31?,32?,33?,34?,35?,36?,37?,38?,39?,40?,41?,43+,44-,45+,46+,47+/m1/s1. The van der Waals surface area contributed by atoms with E-state index in [1.54, 1.807) is 6.92 Å². The number of allylic oxidation sites excluding steroid dienone is 1. The van der Waals surface area contributed by atoms with Gasteiger partial charge < -0.3 is 79.1 Å². The molecule has 26 atom stereocenters. The van der Waals surface area contributed by atoms with Crippen molar-refractivity contribution in [2.45, 2.75) is 204 Å². The van der Waals surface area contributed by atoms with Crippen LogP contribution in [0.3, 0.4) is 0 Å². The molecule has 2 bridgehead atoms. The second-order valence-electron chi connectivity index (χ2n) is 22.9. The van der Waals surface area contributed by atoms with Crippen LogP contribution in [-0.4, -0.2) is 170 Å². The molecule has 4 aliphatic heterocycles. The van der Waals surface area contributed by atoms with Crippen LogP contribution in [0.2, 0.25) is 0 Å². The third kappa shape index (κ3) is 6.58. The predicted octanol–water partition coefficient (Wildman–Crippen LogP) is 1.12. The van der Waals surface area contributed by atoms with Gasteiger partial charge in [0.1, 0.15) is 61.0 Å². The van der Waals surface area contributed by atoms with E-state index in [4.69, 9.17) is 33.2 Å². The van der Waals surface area contributed by atoms with Gasteiger partial charge in [0.15, 0.2) is 18.9 Å². The summed E-state index contributed by atoms with van der Waals surface area (Å²) in [4.78, 5) is 0. The molecule has 0 radical (unpaired) electrons. The fourth-order valence-electron chi connectivity index (χ4n) is 15.8. The lowest BCUT2D eigenvalue weighted by atomic mass is 9.31. The molecular weight excluding hydrogens is 821 g/mol. The fraction of sp³-hybridized carbons (Fsp3) is 0.957. The Labute approximate surface area is 371 Å². The highest BCUT2D eigenvalue weighted by Crippen LogP contribution is 2.79. The van der Waals surface area contributed by atoms with Gasteiger partial charge in [-0.25, -0.2) is 0 Å². The molecule has 0 aromatic carbocycles. The third-order valence-corrected chi connectivity index (χ3v) is 19.8. The fourth-order valence-corrected chi connectivity index (χ4v) is 15.8. The largest absolute Gasteiger partial charge is 0.394 e. The van der Waals surface area contributed by atoms with Crippen LogP contribution in [-0.2, 0) is 33.2 Å². The highest BCUT2D eigenvalue weighted by Gasteiger charge is 2.79. The number of hydrogen-bond acceptors (Lipinski definition) is 16. The lowest BCUT2D eigenvalue weighted by molar-refractivity contribution is -0.393. The Morgan fingerprint density at radius 3 is 2.06 bits per heavy atom. The number of ether oxygens (including phenoxy) is 7. The zero-order chi connectivity index (χ0) is 45.6. The molecular formula is C47H76O16. The molecule has 0 amide bonds. The van der Waals surface area contributed by atoms with Crippen LogP contribution < -0.4 is 0 Å².